The highest BCUT2D eigenvalue weighted by Crippen LogP contribution is 2.32. The second-order valence-corrected chi connectivity index (χ2v) is 5.21. The predicted octanol–water partition coefficient (Wildman–Crippen LogP) is 3.46. The van der Waals surface area contributed by atoms with Crippen LogP contribution in [0.25, 0.3) is 17.1 Å². The van der Waals surface area contributed by atoms with Crippen molar-refractivity contribution in [3.05, 3.63) is 48.8 Å². The molecule has 1 aromatic carbocycles. The van der Waals surface area contributed by atoms with Gasteiger partial charge >= 0.3 is 0 Å². The highest BCUT2D eigenvalue weighted by atomic mass is 19.1. The van der Waals surface area contributed by atoms with Gasteiger partial charge in [0, 0.05) is 24.6 Å². The molecule has 22 heavy (non-hydrogen) atoms. The average molecular weight is 300 g/mol. The second kappa shape index (κ2) is 5.63. The molecule has 0 atom stereocenters. The van der Waals surface area contributed by atoms with Crippen molar-refractivity contribution in [2.75, 3.05) is 7.11 Å². The second-order valence-electron chi connectivity index (χ2n) is 5.21. The van der Waals surface area contributed by atoms with E-state index in [1.807, 2.05) is 24.7 Å². The smallest absolute Gasteiger partial charge is 0.151 e. The van der Waals surface area contributed by atoms with Gasteiger partial charge in [-0.3, -0.25) is 9.25 Å². The topological polar surface area (TPSA) is 44.9 Å². The lowest BCUT2D eigenvalue weighted by Gasteiger charge is -2.11. The molecule has 0 bridgehead atoms. The number of imidazole rings is 1. The maximum absolute atomic E-state index is 14.3. The van der Waals surface area contributed by atoms with E-state index >= 15 is 0 Å². The minimum Gasteiger partial charge on any atom is -0.496 e. The third-order valence-electron chi connectivity index (χ3n) is 3.45. The van der Waals surface area contributed by atoms with Gasteiger partial charge in [0.15, 0.2) is 5.82 Å². The fourth-order valence-corrected chi connectivity index (χ4v) is 2.32. The molecule has 0 aliphatic rings. The van der Waals surface area contributed by atoms with Crippen LogP contribution < -0.4 is 4.74 Å². The van der Waals surface area contributed by atoms with Crippen molar-refractivity contribution in [1.82, 2.24) is 19.3 Å². The van der Waals surface area contributed by atoms with Gasteiger partial charge in [0.05, 0.1) is 24.6 Å². The summed E-state index contributed by atoms with van der Waals surface area (Å²) in [5.74, 6) is 0.560. The molecule has 5 nitrogen and oxygen atoms in total. The summed E-state index contributed by atoms with van der Waals surface area (Å²) in [4.78, 5) is 4.29. The zero-order valence-corrected chi connectivity index (χ0v) is 12.7. The van der Waals surface area contributed by atoms with Crippen molar-refractivity contribution in [2.24, 2.45) is 0 Å². The molecule has 0 radical (unpaired) electrons. The van der Waals surface area contributed by atoms with Gasteiger partial charge < -0.3 is 4.74 Å². The van der Waals surface area contributed by atoms with E-state index in [4.69, 9.17) is 4.74 Å². The SMILES string of the molecule is COc1cccc(F)c1-c1nccn1-c1cnn(C(C)C)c1. The molecule has 6 heteroatoms. The molecular formula is C16H17FN4O. The molecular weight excluding hydrogens is 283 g/mol. The summed E-state index contributed by atoms with van der Waals surface area (Å²) in [6.45, 7) is 4.09. The van der Waals surface area contributed by atoms with Crippen LogP contribution in [0.4, 0.5) is 4.39 Å². The molecule has 114 valence electrons. The summed E-state index contributed by atoms with van der Waals surface area (Å²) in [5, 5.41) is 4.31. The zero-order valence-electron chi connectivity index (χ0n) is 12.7. The Balaban J connectivity index is 2.13. The normalized spacial score (nSPS) is 11.1. The Morgan fingerprint density at radius 2 is 2.09 bits per heavy atom. The van der Waals surface area contributed by atoms with Crippen molar-refractivity contribution in [3.8, 4) is 22.8 Å². The number of hydrogen-bond donors (Lipinski definition) is 0. The van der Waals surface area contributed by atoms with E-state index in [0.29, 0.717) is 17.1 Å². The van der Waals surface area contributed by atoms with Crippen LogP contribution in [0.2, 0.25) is 0 Å². The average Bonchev–Trinajstić information content (AvgIpc) is 3.15. The lowest BCUT2D eigenvalue weighted by atomic mass is 10.1. The summed E-state index contributed by atoms with van der Waals surface area (Å²) >= 11 is 0. The quantitative estimate of drug-likeness (QED) is 0.741. The third kappa shape index (κ3) is 2.36. The van der Waals surface area contributed by atoms with Crippen molar-refractivity contribution < 1.29 is 9.13 Å². The summed E-state index contributed by atoms with van der Waals surface area (Å²) in [5.41, 5.74) is 1.17. The Hall–Kier alpha value is -2.63. The molecule has 0 amide bonds. The highest BCUT2D eigenvalue weighted by molar-refractivity contribution is 5.67. The number of rotatable bonds is 4. The first-order chi connectivity index (χ1) is 10.6. The van der Waals surface area contributed by atoms with E-state index in [-0.39, 0.29) is 11.9 Å². The van der Waals surface area contributed by atoms with Crippen molar-refractivity contribution >= 4 is 0 Å². The minimum atomic E-state index is -0.372. The minimum absolute atomic E-state index is 0.253. The first kappa shape index (κ1) is 14.3. The van der Waals surface area contributed by atoms with Crippen LogP contribution in [0.15, 0.2) is 43.0 Å². The molecule has 0 fully saturated rings. The van der Waals surface area contributed by atoms with Crippen LogP contribution in [-0.4, -0.2) is 26.4 Å². The van der Waals surface area contributed by atoms with Crippen LogP contribution in [0.1, 0.15) is 19.9 Å². The van der Waals surface area contributed by atoms with E-state index in [0.717, 1.165) is 5.69 Å². The Kier molecular flexibility index (Phi) is 3.66. The summed E-state index contributed by atoms with van der Waals surface area (Å²) in [6, 6.07) is 4.98. The van der Waals surface area contributed by atoms with Gasteiger partial charge in [-0.1, -0.05) is 6.07 Å². The summed E-state index contributed by atoms with van der Waals surface area (Å²) in [7, 11) is 1.52. The standard InChI is InChI=1S/C16H17FN4O/c1-11(2)21-10-12(9-19-21)20-8-7-18-16(20)15-13(17)5-4-6-14(15)22-3/h4-11H,1-3H3. The van der Waals surface area contributed by atoms with Gasteiger partial charge in [-0.05, 0) is 26.0 Å². The number of halogens is 1. The molecule has 2 aromatic heterocycles. The molecule has 3 aromatic rings. The summed E-state index contributed by atoms with van der Waals surface area (Å²) < 4.78 is 23.2. The van der Waals surface area contributed by atoms with Gasteiger partial charge in [0.25, 0.3) is 0 Å². The first-order valence-electron chi connectivity index (χ1n) is 7.02. The molecule has 0 aliphatic carbocycles. The molecule has 3 rings (SSSR count). The van der Waals surface area contributed by atoms with Crippen molar-refractivity contribution in [2.45, 2.75) is 19.9 Å². The maximum atomic E-state index is 14.3. The lowest BCUT2D eigenvalue weighted by molar-refractivity contribution is 0.413. The van der Waals surface area contributed by atoms with Crippen LogP contribution in [0.3, 0.4) is 0 Å². The molecule has 0 aliphatic heterocycles. The Morgan fingerprint density at radius 1 is 1.27 bits per heavy atom. The van der Waals surface area contributed by atoms with Gasteiger partial charge in [-0.15, -0.1) is 0 Å². The van der Waals surface area contributed by atoms with Crippen molar-refractivity contribution in [1.29, 1.82) is 0 Å². The zero-order chi connectivity index (χ0) is 15.7. The monoisotopic (exact) mass is 300 g/mol. The largest absolute Gasteiger partial charge is 0.496 e. The first-order valence-corrected chi connectivity index (χ1v) is 7.02. The Bertz CT molecular complexity index is 791. The third-order valence-corrected chi connectivity index (χ3v) is 3.45. The number of methoxy groups -OCH3 is 1. The van der Waals surface area contributed by atoms with Gasteiger partial charge in [-0.25, -0.2) is 9.37 Å². The van der Waals surface area contributed by atoms with E-state index in [2.05, 4.69) is 10.1 Å². The van der Waals surface area contributed by atoms with Crippen molar-refractivity contribution in [3.63, 3.8) is 0 Å². The fourth-order valence-electron chi connectivity index (χ4n) is 2.32. The highest BCUT2D eigenvalue weighted by Gasteiger charge is 2.18. The Labute approximate surface area is 128 Å². The number of hydrogen-bond acceptors (Lipinski definition) is 3. The predicted molar refractivity (Wildman–Crippen MR) is 81.7 cm³/mol. The lowest BCUT2D eigenvalue weighted by Crippen LogP contribution is -2.01. The van der Waals surface area contributed by atoms with E-state index in [1.165, 1.54) is 13.2 Å². The summed E-state index contributed by atoms with van der Waals surface area (Å²) in [6.07, 6.45) is 7.05. The van der Waals surface area contributed by atoms with Gasteiger partial charge in [0.2, 0.25) is 0 Å². The molecule has 2 heterocycles. The van der Waals surface area contributed by atoms with Crippen LogP contribution >= 0.6 is 0 Å². The van der Waals surface area contributed by atoms with Crippen LogP contribution in [-0.2, 0) is 0 Å². The molecule has 0 unspecified atom stereocenters. The number of nitrogens with zero attached hydrogens (tertiary/aromatic N) is 4. The van der Waals surface area contributed by atoms with Gasteiger partial charge in [0.1, 0.15) is 11.6 Å². The fraction of sp³-hybridized carbons (Fsp3) is 0.250. The van der Waals surface area contributed by atoms with E-state index in [1.54, 1.807) is 35.3 Å². The number of benzene rings is 1. The van der Waals surface area contributed by atoms with Gasteiger partial charge in [-0.2, -0.15) is 5.10 Å². The maximum Gasteiger partial charge on any atom is 0.151 e. The van der Waals surface area contributed by atoms with Crippen LogP contribution in [0, 0.1) is 5.82 Å². The Morgan fingerprint density at radius 3 is 2.77 bits per heavy atom. The molecule has 0 saturated heterocycles. The van der Waals surface area contributed by atoms with Crippen LogP contribution in [0.5, 0.6) is 5.75 Å². The number of aromatic nitrogens is 4. The molecule has 0 N–H and O–H groups in total. The molecule has 0 saturated carbocycles. The van der Waals surface area contributed by atoms with E-state index < -0.39 is 0 Å². The number of ether oxygens (including phenoxy) is 1. The molecule has 0 spiro atoms. The van der Waals surface area contributed by atoms with E-state index in [9.17, 15) is 4.39 Å².